The Labute approximate surface area is 158 Å². The molecule has 3 heterocycles. The highest BCUT2D eigenvalue weighted by Gasteiger charge is 2.38. The zero-order valence-electron chi connectivity index (χ0n) is 15.3. The lowest BCUT2D eigenvalue weighted by molar-refractivity contribution is -0.146. The van der Waals surface area contributed by atoms with E-state index < -0.39 is 12.0 Å². The van der Waals surface area contributed by atoms with Gasteiger partial charge >= 0.3 is 6.18 Å². The average molecular weight is 394 g/mol. The Morgan fingerprint density at radius 1 is 0.893 bits per heavy atom. The minimum absolute atomic E-state index is 0.0959. The molecule has 0 spiro atoms. The number of halogens is 4. The molecule has 28 heavy (non-hydrogen) atoms. The van der Waals surface area contributed by atoms with Gasteiger partial charge in [0.05, 0.1) is 5.69 Å². The highest BCUT2D eigenvalue weighted by Crippen LogP contribution is 2.31. The van der Waals surface area contributed by atoms with Crippen LogP contribution in [0.25, 0.3) is 5.65 Å². The molecule has 0 unspecified atom stereocenters. The molecule has 0 amide bonds. The minimum Gasteiger partial charge on any atom is -0.366 e. The third kappa shape index (κ3) is 3.02. The molecule has 1 saturated heterocycles. The second-order valence-electron chi connectivity index (χ2n) is 6.76. The molecule has 2 aromatic heterocycles. The maximum atomic E-state index is 14.0. The highest BCUT2D eigenvalue weighted by atomic mass is 19.4. The number of para-hydroxylation sites is 1. The first kappa shape index (κ1) is 18.5. The quantitative estimate of drug-likeness (QED) is 0.625. The van der Waals surface area contributed by atoms with Crippen molar-refractivity contribution in [1.82, 2.24) is 19.8 Å². The normalized spacial score (nSPS) is 15.5. The topological polar surface area (TPSA) is 49.6 Å². The molecule has 0 aliphatic carbocycles. The van der Waals surface area contributed by atoms with E-state index in [-0.39, 0.29) is 11.5 Å². The van der Waals surface area contributed by atoms with Crippen LogP contribution >= 0.6 is 0 Å². The summed E-state index contributed by atoms with van der Waals surface area (Å²) < 4.78 is 54.4. The van der Waals surface area contributed by atoms with Gasteiger partial charge < -0.3 is 9.80 Å². The fourth-order valence-corrected chi connectivity index (χ4v) is 3.46. The number of hydrogen-bond donors (Lipinski definition) is 0. The van der Waals surface area contributed by atoms with Gasteiger partial charge in [-0.15, -0.1) is 15.3 Å². The molecule has 0 saturated carbocycles. The molecule has 3 aromatic rings. The van der Waals surface area contributed by atoms with Crippen molar-refractivity contribution >= 4 is 17.2 Å². The van der Waals surface area contributed by atoms with E-state index >= 15 is 0 Å². The van der Waals surface area contributed by atoms with Crippen molar-refractivity contribution in [3.8, 4) is 0 Å². The first-order valence-electron chi connectivity index (χ1n) is 8.81. The van der Waals surface area contributed by atoms with E-state index in [1.165, 1.54) is 6.07 Å². The Morgan fingerprint density at radius 2 is 1.54 bits per heavy atom. The number of alkyl halides is 3. The first-order valence-corrected chi connectivity index (χ1v) is 8.81. The van der Waals surface area contributed by atoms with Crippen molar-refractivity contribution in [2.75, 3.05) is 36.0 Å². The lowest BCUT2D eigenvalue weighted by Crippen LogP contribution is -2.47. The standard InChI is InChI=1S/C18H18F4N6/c1-11-12(2)16(25-28-15(11)23-24-17(28)18(20,21)22)27-9-7-26(8-10-27)14-6-4-3-5-13(14)19/h3-6H,7-10H2,1-2H3. The lowest BCUT2D eigenvalue weighted by Gasteiger charge is -2.37. The summed E-state index contributed by atoms with van der Waals surface area (Å²) in [5, 5.41) is 11.1. The van der Waals surface area contributed by atoms with E-state index in [4.69, 9.17) is 0 Å². The molecule has 1 aliphatic rings. The van der Waals surface area contributed by atoms with E-state index in [9.17, 15) is 17.6 Å². The van der Waals surface area contributed by atoms with Crippen LogP contribution in [0.3, 0.4) is 0 Å². The van der Waals surface area contributed by atoms with Crippen molar-refractivity contribution < 1.29 is 17.6 Å². The zero-order valence-corrected chi connectivity index (χ0v) is 15.3. The Morgan fingerprint density at radius 3 is 2.18 bits per heavy atom. The largest absolute Gasteiger partial charge is 0.453 e. The smallest absolute Gasteiger partial charge is 0.366 e. The fraction of sp³-hybridized carbons (Fsp3) is 0.389. The molecule has 148 valence electrons. The summed E-state index contributed by atoms with van der Waals surface area (Å²) in [5.74, 6) is -0.970. The average Bonchev–Trinajstić information content (AvgIpc) is 3.10. The molecule has 10 heteroatoms. The van der Waals surface area contributed by atoms with Crippen LogP contribution in [0.5, 0.6) is 0 Å². The van der Waals surface area contributed by atoms with Gasteiger partial charge in [0.25, 0.3) is 5.82 Å². The Balaban J connectivity index is 1.65. The number of anilines is 2. The number of nitrogens with zero attached hydrogens (tertiary/aromatic N) is 6. The van der Waals surface area contributed by atoms with Crippen molar-refractivity contribution in [2.24, 2.45) is 0 Å². The van der Waals surface area contributed by atoms with Crippen molar-refractivity contribution in [3.05, 3.63) is 47.0 Å². The monoisotopic (exact) mass is 394 g/mol. The van der Waals surface area contributed by atoms with E-state index in [1.807, 2.05) is 16.7 Å². The van der Waals surface area contributed by atoms with Crippen LogP contribution in [0.4, 0.5) is 29.1 Å². The van der Waals surface area contributed by atoms with Crippen molar-refractivity contribution in [2.45, 2.75) is 20.0 Å². The molecule has 1 aliphatic heterocycles. The van der Waals surface area contributed by atoms with Gasteiger partial charge in [0.15, 0.2) is 11.5 Å². The zero-order chi connectivity index (χ0) is 20.1. The molecule has 0 N–H and O–H groups in total. The molecular formula is C18H18F4N6. The number of piperazine rings is 1. The summed E-state index contributed by atoms with van der Waals surface area (Å²) in [5.41, 5.74) is 1.98. The highest BCUT2D eigenvalue weighted by molar-refractivity contribution is 5.60. The van der Waals surface area contributed by atoms with Gasteiger partial charge in [-0.2, -0.15) is 17.7 Å². The van der Waals surface area contributed by atoms with Crippen LogP contribution in [-0.2, 0) is 6.18 Å². The van der Waals surface area contributed by atoms with E-state index in [2.05, 4.69) is 15.3 Å². The molecule has 1 aromatic carbocycles. The fourth-order valence-electron chi connectivity index (χ4n) is 3.46. The van der Waals surface area contributed by atoms with Crippen LogP contribution in [0.2, 0.25) is 0 Å². The number of hydrogen-bond acceptors (Lipinski definition) is 5. The van der Waals surface area contributed by atoms with Gasteiger partial charge in [0.2, 0.25) is 0 Å². The maximum absolute atomic E-state index is 14.0. The second-order valence-corrected chi connectivity index (χ2v) is 6.76. The number of rotatable bonds is 2. The Hall–Kier alpha value is -2.91. The summed E-state index contributed by atoms with van der Waals surface area (Å²) in [6.45, 7) is 5.61. The number of aryl methyl sites for hydroxylation is 1. The van der Waals surface area contributed by atoms with Crippen LogP contribution in [0.1, 0.15) is 17.0 Å². The third-order valence-corrected chi connectivity index (χ3v) is 5.09. The summed E-state index contributed by atoms with van der Waals surface area (Å²) in [7, 11) is 0. The molecule has 0 radical (unpaired) electrons. The summed E-state index contributed by atoms with van der Waals surface area (Å²) >= 11 is 0. The van der Waals surface area contributed by atoms with Gasteiger partial charge in [0, 0.05) is 37.3 Å². The second kappa shape index (κ2) is 6.61. The van der Waals surface area contributed by atoms with Crippen LogP contribution in [-0.4, -0.2) is 46.0 Å². The Bertz CT molecular complexity index is 1020. The van der Waals surface area contributed by atoms with E-state index in [1.54, 1.807) is 25.1 Å². The molecule has 6 nitrogen and oxygen atoms in total. The molecular weight excluding hydrogens is 376 g/mol. The molecule has 0 bridgehead atoms. The number of fused-ring (bicyclic) bond motifs is 1. The van der Waals surface area contributed by atoms with Gasteiger partial charge in [-0.25, -0.2) is 4.39 Å². The van der Waals surface area contributed by atoms with Gasteiger partial charge in [-0.05, 0) is 26.0 Å². The SMILES string of the molecule is Cc1c(N2CCN(c3ccccc3F)CC2)nn2c(C(F)(F)F)nnc2c1C. The number of benzene rings is 1. The predicted molar refractivity (Wildman–Crippen MR) is 96.1 cm³/mol. The van der Waals surface area contributed by atoms with Crippen molar-refractivity contribution in [3.63, 3.8) is 0 Å². The summed E-state index contributed by atoms with van der Waals surface area (Å²) in [6.07, 6.45) is -4.64. The third-order valence-electron chi connectivity index (χ3n) is 5.09. The lowest BCUT2D eigenvalue weighted by atomic mass is 10.1. The minimum atomic E-state index is -4.64. The van der Waals surface area contributed by atoms with Gasteiger partial charge in [-0.1, -0.05) is 12.1 Å². The summed E-state index contributed by atoms with van der Waals surface area (Å²) in [4.78, 5) is 3.84. The van der Waals surface area contributed by atoms with Gasteiger partial charge in [-0.3, -0.25) is 0 Å². The van der Waals surface area contributed by atoms with Crippen LogP contribution < -0.4 is 9.80 Å². The van der Waals surface area contributed by atoms with Crippen LogP contribution in [0, 0.1) is 19.7 Å². The summed E-state index contributed by atoms with van der Waals surface area (Å²) in [6, 6.07) is 6.54. The molecule has 4 rings (SSSR count). The predicted octanol–water partition coefficient (Wildman–Crippen LogP) is 3.23. The maximum Gasteiger partial charge on any atom is 0.453 e. The first-order chi connectivity index (χ1) is 13.3. The van der Waals surface area contributed by atoms with E-state index in [0.717, 1.165) is 10.1 Å². The molecule has 0 atom stereocenters. The molecule has 1 fully saturated rings. The number of aromatic nitrogens is 4. The van der Waals surface area contributed by atoms with E-state index in [0.29, 0.717) is 43.2 Å². The van der Waals surface area contributed by atoms with Gasteiger partial charge in [0.1, 0.15) is 5.82 Å². The Kier molecular flexibility index (Phi) is 4.35. The van der Waals surface area contributed by atoms with Crippen molar-refractivity contribution in [1.29, 1.82) is 0 Å². The van der Waals surface area contributed by atoms with Crippen LogP contribution in [0.15, 0.2) is 24.3 Å².